The summed E-state index contributed by atoms with van der Waals surface area (Å²) in [6.45, 7) is 6.88. The van der Waals surface area contributed by atoms with Gasteiger partial charge in [0.1, 0.15) is 29.9 Å². The van der Waals surface area contributed by atoms with E-state index in [1.54, 1.807) is 6.08 Å². The topological polar surface area (TPSA) is 54.2 Å². The number of hydrogen-bond donors (Lipinski definition) is 1. The predicted molar refractivity (Wildman–Crippen MR) is 107 cm³/mol. The van der Waals surface area contributed by atoms with Gasteiger partial charge < -0.3 is 5.11 Å². The van der Waals surface area contributed by atoms with Gasteiger partial charge in [-0.1, -0.05) is 42.0 Å². The summed E-state index contributed by atoms with van der Waals surface area (Å²) in [5.74, 6) is -1.50. The van der Waals surface area contributed by atoms with E-state index in [1.807, 2.05) is 36.1 Å². The molecule has 29 heavy (non-hydrogen) atoms. The number of benzene rings is 2. The molecule has 0 spiro atoms. The molecular weight excluding hydrogens is 374 g/mol. The first-order chi connectivity index (χ1) is 13.9. The summed E-state index contributed by atoms with van der Waals surface area (Å²) in [4.78, 5) is 5.84. The molecule has 0 saturated carbocycles. The van der Waals surface area contributed by atoms with Crippen LogP contribution in [-0.4, -0.2) is 37.9 Å². The maximum atomic E-state index is 14.6. The normalized spacial score (nSPS) is 13.4. The summed E-state index contributed by atoms with van der Waals surface area (Å²) in [5, 5.41) is 15.5. The molecule has 3 aromatic rings. The van der Waals surface area contributed by atoms with Crippen molar-refractivity contribution in [2.24, 2.45) is 0 Å². The van der Waals surface area contributed by atoms with Gasteiger partial charge in [0.2, 0.25) is 0 Å². The van der Waals surface area contributed by atoms with E-state index in [9.17, 15) is 13.9 Å². The first kappa shape index (κ1) is 20.8. The van der Waals surface area contributed by atoms with Crippen molar-refractivity contribution in [3.63, 3.8) is 0 Å². The molecule has 3 rings (SSSR count). The Labute approximate surface area is 168 Å². The second-order valence-corrected chi connectivity index (χ2v) is 7.19. The van der Waals surface area contributed by atoms with Crippen LogP contribution >= 0.6 is 0 Å². The highest BCUT2D eigenvalue weighted by molar-refractivity contribution is 5.26. The van der Waals surface area contributed by atoms with Gasteiger partial charge in [-0.25, -0.2) is 18.4 Å². The summed E-state index contributed by atoms with van der Waals surface area (Å²) >= 11 is 0. The third-order valence-electron chi connectivity index (χ3n) is 4.72. The number of rotatable bonds is 9. The van der Waals surface area contributed by atoms with Gasteiger partial charge in [0, 0.05) is 31.3 Å². The molecule has 1 heterocycles. The van der Waals surface area contributed by atoms with Crippen LogP contribution in [0.5, 0.6) is 0 Å². The van der Waals surface area contributed by atoms with Crippen molar-refractivity contribution in [1.29, 1.82) is 0 Å². The molecule has 152 valence electrons. The summed E-state index contributed by atoms with van der Waals surface area (Å²) in [6.07, 6.45) is 4.52. The summed E-state index contributed by atoms with van der Waals surface area (Å²) in [6, 6.07) is 11.3. The number of aromatic nitrogens is 3. The number of aliphatic hydroxyl groups is 1. The van der Waals surface area contributed by atoms with Crippen molar-refractivity contribution in [1.82, 2.24) is 19.7 Å². The minimum Gasteiger partial charge on any atom is -0.382 e. The van der Waals surface area contributed by atoms with Gasteiger partial charge in [-0.15, -0.1) is 6.58 Å². The Morgan fingerprint density at radius 1 is 1.21 bits per heavy atom. The Balaban J connectivity index is 1.92. The summed E-state index contributed by atoms with van der Waals surface area (Å²) in [7, 11) is 0. The second kappa shape index (κ2) is 9.07. The third kappa shape index (κ3) is 5.34. The highest BCUT2D eigenvalue weighted by Crippen LogP contribution is 2.28. The van der Waals surface area contributed by atoms with Crippen LogP contribution in [0.2, 0.25) is 0 Å². The summed E-state index contributed by atoms with van der Waals surface area (Å²) in [5.41, 5.74) is 0.562. The van der Waals surface area contributed by atoms with E-state index < -0.39 is 17.2 Å². The number of aryl methyl sites for hydroxylation is 1. The van der Waals surface area contributed by atoms with Crippen molar-refractivity contribution >= 4 is 0 Å². The van der Waals surface area contributed by atoms with Gasteiger partial charge >= 0.3 is 0 Å². The van der Waals surface area contributed by atoms with Crippen LogP contribution in [0, 0.1) is 18.6 Å². The summed E-state index contributed by atoms with van der Waals surface area (Å²) < 4.78 is 29.5. The molecule has 5 nitrogen and oxygen atoms in total. The van der Waals surface area contributed by atoms with E-state index in [4.69, 9.17) is 0 Å². The van der Waals surface area contributed by atoms with Crippen LogP contribution in [0.25, 0.3) is 0 Å². The van der Waals surface area contributed by atoms with Crippen LogP contribution < -0.4 is 0 Å². The minimum atomic E-state index is -1.65. The zero-order valence-corrected chi connectivity index (χ0v) is 16.3. The SMILES string of the molecule is C=CCN(Cc1ccc(C)cc1)CC(O)(Cn1cncn1)c1ccc(F)cc1F. The molecule has 0 bridgehead atoms. The minimum absolute atomic E-state index is 0.00682. The molecule has 1 atom stereocenters. The molecule has 0 fully saturated rings. The monoisotopic (exact) mass is 398 g/mol. The number of nitrogens with zero attached hydrogens (tertiary/aromatic N) is 4. The number of hydrogen-bond acceptors (Lipinski definition) is 4. The van der Waals surface area contributed by atoms with E-state index in [0.717, 1.165) is 23.3 Å². The lowest BCUT2D eigenvalue weighted by Crippen LogP contribution is -2.44. The first-order valence-electron chi connectivity index (χ1n) is 9.29. The van der Waals surface area contributed by atoms with Gasteiger partial charge in [-0.05, 0) is 18.6 Å². The van der Waals surface area contributed by atoms with Gasteiger partial charge in [-0.3, -0.25) is 4.90 Å². The molecule has 0 aliphatic heterocycles. The zero-order valence-electron chi connectivity index (χ0n) is 16.3. The van der Waals surface area contributed by atoms with E-state index in [1.165, 1.54) is 23.4 Å². The Bertz CT molecular complexity index is 944. The lowest BCUT2D eigenvalue weighted by molar-refractivity contribution is -0.0210. The lowest BCUT2D eigenvalue weighted by Gasteiger charge is -2.34. The highest BCUT2D eigenvalue weighted by Gasteiger charge is 2.35. The molecule has 1 aromatic heterocycles. The fourth-order valence-corrected chi connectivity index (χ4v) is 3.36. The smallest absolute Gasteiger partial charge is 0.137 e. The van der Waals surface area contributed by atoms with E-state index in [2.05, 4.69) is 16.7 Å². The van der Waals surface area contributed by atoms with Crippen LogP contribution in [-0.2, 0) is 18.7 Å². The van der Waals surface area contributed by atoms with E-state index in [-0.39, 0.29) is 18.7 Å². The van der Waals surface area contributed by atoms with Crippen molar-refractivity contribution < 1.29 is 13.9 Å². The zero-order chi connectivity index (χ0) is 20.9. The van der Waals surface area contributed by atoms with Crippen LogP contribution in [0.15, 0.2) is 67.8 Å². The molecule has 1 N–H and O–H groups in total. The van der Waals surface area contributed by atoms with Crippen molar-refractivity contribution in [2.45, 2.75) is 25.6 Å². The van der Waals surface area contributed by atoms with Crippen molar-refractivity contribution in [2.75, 3.05) is 13.1 Å². The Kier molecular flexibility index (Phi) is 6.51. The highest BCUT2D eigenvalue weighted by atomic mass is 19.1. The Hall–Kier alpha value is -2.90. The first-order valence-corrected chi connectivity index (χ1v) is 9.29. The Morgan fingerprint density at radius 2 is 1.97 bits per heavy atom. The standard InChI is InChI=1S/C22H24F2N4O/c1-3-10-27(12-18-6-4-17(2)5-7-18)13-22(29,14-28-16-25-15-26-28)20-9-8-19(23)11-21(20)24/h3-9,11,15-16,29H,1,10,12-14H2,2H3. The lowest BCUT2D eigenvalue weighted by atomic mass is 9.92. The average molecular weight is 398 g/mol. The van der Waals surface area contributed by atoms with Gasteiger partial charge in [0.15, 0.2) is 0 Å². The van der Waals surface area contributed by atoms with Gasteiger partial charge in [0.25, 0.3) is 0 Å². The quantitative estimate of drug-likeness (QED) is 0.561. The van der Waals surface area contributed by atoms with Crippen LogP contribution in [0.1, 0.15) is 16.7 Å². The predicted octanol–water partition coefficient (Wildman–Crippen LogP) is 3.44. The molecule has 2 aromatic carbocycles. The molecular formula is C22H24F2N4O. The van der Waals surface area contributed by atoms with Gasteiger partial charge in [-0.2, -0.15) is 5.10 Å². The average Bonchev–Trinajstić information content (AvgIpc) is 3.16. The largest absolute Gasteiger partial charge is 0.382 e. The maximum Gasteiger partial charge on any atom is 0.137 e. The maximum absolute atomic E-state index is 14.6. The fraction of sp³-hybridized carbons (Fsp3) is 0.273. The number of halogens is 2. The second-order valence-electron chi connectivity index (χ2n) is 7.19. The molecule has 0 aliphatic rings. The van der Waals surface area contributed by atoms with Gasteiger partial charge in [0.05, 0.1) is 6.54 Å². The van der Waals surface area contributed by atoms with Crippen molar-refractivity contribution in [3.05, 3.63) is 96.1 Å². The van der Waals surface area contributed by atoms with Crippen LogP contribution in [0.4, 0.5) is 8.78 Å². The third-order valence-corrected chi connectivity index (χ3v) is 4.72. The molecule has 0 radical (unpaired) electrons. The molecule has 0 aliphatic carbocycles. The molecule has 0 saturated heterocycles. The molecule has 0 amide bonds. The van der Waals surface area contributed by atoms with E-state index >= 15 is 0 Å². The molecule has 7 heteroatoms. The van der Waals surface area contributed by atoms with Crippen molar-refractivity contribution in [3.8, 4) is 0 Å². The van der Waals surface area contributed by atoms with E-state index in [0.29, 0.717) is 13.1 Å². The van der Waals surface area contributed by atoms with Crippen LogP contribution in [0.3, 0.4) is 0 Å². The Morgan fingerprint density at radius 3 is 2.59 bits per heavy atom. The molecule has 1 unspecified atom stereocenters. The fourth-order valence-electron chi connectivity index (χ4n) is 3.36.